The lowest BCUT2D eigenvalue weighted by molar-refractivity contribution is -0.147. The van der Waals surface area contributed by atoms with Gasteiger partial charge in [-0.1, -0.05) is 24.3 Å². The molecule has 0 unspecified atom stereocenters. The number of amides is 2. The molecule has 0 radical (unpaired) electrons. The number of benzene rings is 2. The first kappa shape index (κ1) is 21.0. The first-order valence-electron chi connectivity index (χ1n) is 8.88. The van der Waals surface area contributed by atoms with Crippen LogP contribution >= 0.6 is 0 Å². The van der Waals surface area contributed by atoms with Gasteiger partial charge in [-0.25, -0.2) is 0 Å². The predicted octanol–water partition coefficient (Wildman–Crippen LogP) is 2.11. The summed E-state index contributed by atoms with van der Waals surface area (Å²) in [6.45, 7) is 1.47. The Morgan fingerprint density at radius 1 is 0.929 bits per heavy atom. The summed E-state index contributed by atoms with van der Waals surface area (Å²) in [4.78, 5) is 36.7. The fourth-order valence-electron chi connectivity index (χ4n) is 2.44. The summed E-state index contributed by atoms with van der Waals surface area (Å²) in [7, 11) is 3.92. The Kier molecular flexibility index (Phi) is 7.56. The molecular weight excluding hydrogens is 358 g/mol. The van der Waals surface area contributed by atoms with E-state index in [-0.39, 0.29) is 24.8 Å². The first-order chi connectivity index (χ1) is 13.3. The van der Waals surface area contributed by atoms with E-state index in [2.05, 4.69) is 10.6 Å². The smallest absolute Gasteiger partial charge is 0.310 e. The van der Waals surface area contributed by atoms with E-state index in [1.165, 1.54) is 6.92 Å². The number of carbonyl (C=O) groups excluding carboxylic acids is 3. The van der Waals surface area contributed by atoms with Crippen molar-refractivity contribution in [1.29, 1.82) is 0 Å². The third-order valence-corrected chi connectivity index (χ3v) is 3.93. The number of ether oxygens (including phenoxy) is 1. The minimum Gasteiger partial charge on any atom is -0.455 e. The molecule has 0 fully saturated rings. The predicted molar refractivity (Wildman–Crippen MR) is 108 cm³/mol. The lowest BCUT2D eigenvalue weighted by Crippen LogP contribution is -2.28. The zero-order valence-electron chi connectivity index (χ0n) is 16.3. The molecule has 0 saturated carbocycles. The zero-order chi connectivity index (χ0) is 20.5. The van der Waals surface area contributed by atoms with Crippen LogP contribution in [-0.2, 0) is 32.1 Å². The third-order valence-electron chi connectivity index (χ3n) is 3.93. The highest BCUT2D eigenvalue weighted by molar-refractivity contribution is 5.88. The number of carbonyl (C=O) groups is 3. The Morgan fingerprint density at radius 2 is 1.54 bits per heavy atom. The van der Waals surface area contributed by atoms with Gasteiger partial charge in [-0.3, -0.25) is 14.4 Å². The Hall–Kier alpha value is -3.35. The van der Waals surface area contributed by atoms with Crippen LogP contribution < -0.4 is 15.5 Å². The van der Waals surface area contributed by atoms with Crippen LogP contribution in [0.15, 0.2) is 48.5 Å². The van der Waals surface area contributed by atoms with Gasteiger partial charge in [-0.05, 0) is 35.4 Å². The summed E-state index contributed by atoms with van der Waals surface area (Å²) in [6, 6.07) is 14.7. The van der Waals surface area contributed by atoms with E-state index >= 15 is 0 Å². The van der Waals surface area contributed by atoms with Crippen LogP contribution in [0.1, 0.15) is 18.1 Å². The second kappa shape index (κ2) is 10.1. The standard InChI is InChI=1S/C21H25N3O4/c1-15(25)23-18-8-4-16(5-9-18)12-21(27)28-14-20(26)22-13-17-6-10-19(11-7-17)24(2)3/h4-11H,12-14H2,1-3H3,(H,22,26)(H,23,25). The third kappa shape index (κ3) is 7.11. The number of nitrogens with zero attached hydrogens (tertiary/aromatic N) is 1. The van der Waals surface area contributed by atoms with Gasteiger partial charge in [0.2, 0.25) is 5.91 Å². The molecule has 7 nitrogen and oxygen atoms in total. The summed E-state index contributed by atoms with van der Waals surface area (Å²) in [5.41, 5.74) is 3.43. The molecule has 2 aromatic rings. The molecule has 7 heteroatoms. The minimum absolute atomic E-state index is 0.0552. The number of hydrogen-bond acceptors (Lipinski definition) is 5. The topological polar surface area (TPSA) is 87.7 Å². The van der Waals surface area contributed by atoms with Gasteiger partial charge in [-0.15, -0.1) is 0 Å². The molecule has 0 bridgehead atoms. The molecule has 2 aromatic carbocycles. The lowest BCUT2D eigenvalue weighted by atomic mass is 10.1. The largest absolute Gasteiger partial charge is 0.455 e. The van der Waals surface area contributed by atoms with Crippen LogP contribution in [0, 0.1) is 0 Å². The maximum atomic E-state index is 11.9. The van der Waals surface area contributed by atoms with E-state index in [4.69, 9.17) is 4.74 Å². The molecule has 0 aliphatic rings. The van der Waals surface area contributed by atoms with Crippen molar-refractivity contribution in [2.24, 2.45) is 0 Å². The average Bonchev–Trinajstić information content (AvgIpc) is 2.66. The first-order valence-corrected chi connectivity index (χ1v) is 8.88. The van der Waals surface area contributed by atoms with Crippen molar-refractivity contribution in [3.8, 4) is 0 Å². The van der Waals surface area contributed by atoms with E-state index in [1.807, 2.05) is 43.3 Å². The molecule has 2 N–H and O–H groups in total. The molecule has 0 saturated heterocycles. The van der Waals surface area contributed by atoms with Gasteiger partial charge < -0.3 is 20.3 Å². The highest BCUT2D eigenvalue weighted by Crippen LogP contribution is 2.12. The van der Waals surface area contributed by atoms with E-state index in [0.717, 1.165) is 16.8 Å². The molecule has 0 aliphatic carbocycles. The number of nitrogens with one attached hydrogen (secondary N) is 2. The summed E-state index contributed by atoms with van der Waals surface area (Å²) < 4.78 is 5.01. The maximum Gasteiger partial charge on any atom is 0.310 e. The Morgan fingerprint density at radius 3 is 2.11 bits per heavy atom. The van der Waals surface area contributed by atoms with Crippen molar-refractivity contribution < 1.29 is 19.1 Å². The second-order valence-electron chi connectivity index (χ2n) is 6.55. The molecule has 148 valence electrons. The molecule has 0 atom stereocenters. The van der Waals surface area contributed by atoms with Gasteiger partial charge in [0.05, 0.1) is 6.42 Å². The molecular formula is C21H25N3O4. The molecule has 0 spiro atoms. The van der Waals surface area contributed by atoms with Crippen molar-refractivity contribution in [2.45, 2.75) is 19.9 Å². The van der Waals surface area contributed by atoms with Crippen molar-refractivity contribution >= 4 is 29.2 Å². The zero-order valence-corrected chi connectivity index (χ0v) is 16.3. The van der Waals surface area contributed by atoms with E-state index < -0.39 is 5.97 Å². The number of esters is 1. The van der Waals surface area contributed by atoms with E-state index in [9.17, 15) is 14.4 Å². The van der Waals surface area contributed by atoms with Crippen LogP contribution in [0.25, 0.3) is 0 Å². The lowest BCUT2D eigenvalue weighted by Gasteiger charge is -2.13. The Balaban J connectivity index is 1.71. The normalized spacial score (nSPS) is 10.1. The van der Waals surface area contributed by atoms with Crippen molar-refractivity contribution in [1.82, 2.24) is 5.32 Å². The molecule has 28 heavy (non-hydrogen) atoms. The van der Waals surface area contributed by atoms with Gasteiger partial charge in [0.1, 0.15) is 0 Å². The Bertz CT molecular complexity index is 815. The highest BCUT2D eigenvalue weighted by Gasteiger charge is 2.09. The van der Waals surface area contributed by atoms with Crippen LogP contribution in [0.5, 0.6) is 0 Å². The molecule has 0 heterocycles. The molecule has 0 aliphatic heterocycles. The van der Waals surface area contributed by atoms with Gasteiger partial charge in [-0.2, -0.15) is 0 Å². The van der Waals surface area contributed by atoms with Gasteiger partial charge >= 0.3 is 5.97 Å². The van der Waals surface area contributed by atoms with Gasteiger partial charge in [0, 0.05) is 38.9 Å². The van der Waals surface area contributed by atoms with E-state index in [0.29, 0.717) is 12.2 Å². The van der Waals surface area contributed by atoms with Gasteiger partial charge in [0.15, 0.2) is 6.61 Å². The van der Waals surface area contributed by atoms with Crippen LogP contribution in [0.2, 0.25) is 0 Å². The number of rotatable bonds is 8. The van der Waals surface area contributed by atoms with Crippen LogP contribution in [0.4, 0.5) is 11.4 Å². The maximum absolute atomic E-state index is 11.9. The fraction of sp³-hybridized carbons (Fsp3) is 0.286. The van der Waals surface area contributed by atoms with Crippen molar-refractivity contribution in [3.63, 3.8) is 0 Å². The molecule has 2 rings (SSSR count). The summed E-state index contributed by atoms with van der Waals surface area (Å²) >= 11 is 0. The number of anilines is 2. The monoisotopic (exact) mass is 383 g/mol. The molecule has 0 aromatic heterocycles. The highest BCUT2D eigenvalue weighted by atomic mass is 16.5. The van der Waals surface area contributed by atoms with Crippen LogP contribution in [-0.4, -0.2) is 38.5 Å². The fourth-order valence-corrected chi connectivity index (χ4v) is 2.44. The van der Waals surface area contributed by atoms with Gasteiger partial charge in [0.25, 0.3) is 5.91 Å². The second-order valence-corrected chi connectivity index (χ2v) is 6.55. The summed E-state index contributed by atoms with van der Waals surface area (Å²) in [5, 5.41) is 5.37. The quantitative estimate of drug-likeness (QED) is 0.682. The van der Waals surface area contributed by atoms with Crippen LogP contribution in [0.3, 0.4) is 0 Å². The summed E-state index contributed by atoms with van der Waals surface area (Å²) in [5.74, 6) is -1.00. The van der Waals surface area contributed by atoms with E-state index in [1.54, 1.807) is 24.3 Å². The van der Waals surface area contributed by atoms with Crippen molar-refractivity contribution in [3.05, 3.63) is 59.7 Å². The Labute approximate surface area is 164 Å². The SMILES string of the molecule is CC(=O)Nc1ccc(CC(=O)OCC(=O)NCc2ccc(N(C)C)cc2)cc1. The average molecular weight is 383 g/mol. The van der Waals surface area contributed by atoms with Crippen molar-refractivity contribution in [2.75, 3.05) is 30.9 Å². The summed E-state index contributed by atoms with van der Waals surface area (Å²) in [6.07, 6.45) is 0.0552. The number of hydrogen-bond donors (Lipinski definition) is 2. The molecule has 2 amide bonds. The minimum atomic E-state index is -0.488.